The van der Waals surface area contributed by atoms with Crippen LogP contribution in [0.15, 0.2) is 389 Å². The summed E-state index contributed by atoms with van der Waals surface area (Å²) in [6.07, 6.45) is 0. The minimum Gasteiger partial charge on any atom is -0.455 e. The van der Waals surface area contributed by atoms with E-state index in [1.54, 1.807) is 0 Å². The van der Waals surface area contributed by atoms with Crippen molar-refractivity contribution in [3.8, 4) is 39.1 Å². The molecule has 14 aromatic heterocycles. The highest BCUT2D eigenvalue weighted by Crippen LogP contribution is 2.52. The van der Waals surface area contributed by atoms with Gasteiger partial charge in [0.25, 0.3) is 0 Å². The smallest absolute Gasteiger partial charge is 0.165 e. The van der Waals surface area contributed by atoms with Crippen LogP contribution in [0.4, 0.5) is 0 Å². The van der Waals surface area contributed by atoms with E-state index in [1.807, 2.05) is 84.1 Å². The average molecular weight is 1700 g/mol. The maximum absolute atomic E-state index is 6.90. The molecule has 0 atom stereocenters. The normalized spacial score (nSPS) is 12.5. The first kappa shape index (κ1) is 70.4. The van der Waals surface area contributed by atoms with Gasteiger partial charge in [0.2, 0.25) is 0 Å². The monoisotopic (exact) mass is 1700 g/mol. The zero-order valence-electron chi connectivity index (χ0n) is 69.9. The molecule has 33 rings (SSSR count). The molecule has 0 radical (unpaired) electrons. The van der Waals surface area contributed by atoms with Crippen LogP contribution < -0.4 is 0 Å². The van der Waals surface area contributed by atoms with E-state index in [0.29, 0.717) is 0 Å². The van der Waals surface area contributed by atoms with Crippen LogP contribution in [0.25, 0.3) is 306 Å². The second-order valence-electron chi connectivity index (χ2n) is 35.0. The Morgan fingerprint density at radius 3 is 1.21 bits per heavy atom. The molecule has 0 aliphatic carbocycles. The van der Waals surface area contributed by atoms with Gasteiger partial charge in [-0.2, -0.15) is 0 Å². The molecule has 132 heavy (non-hydrogen) atoms. The van der Waals surface area contributed by atoms with Gasteiger partial charge in [-0.15, -0.1) is 11.3 Å². The topological polar surface area (TPSA) is 135 Å². The Morgan fingerprint density at radius 1 is 0.212 bits per heavy atom. The van der Waals surface area contributed by atoms with Gasteiger partial charge >= 0.3 is 0 Å². The Labute approximate surface area is 749 Å². The number of para-hydroxylation sites is 12. The van der Waals surface area contributed by atoms with E-state index >= 15 is 0 Å². The third-order valence-corrected chi connectivity index (χ3v) is 29.1. The number of benzene rings is 19. The number of hydrogen-bond acceptors (Lipinski definition) is 10. The van der Waals surface area contributed by atoms with Gasteiger partial charge in [-0.05, 0) is 184 Å². The standard InChI is InChI=1S/C44H24N4O.C38H19N3OS.C36H19N3O/c1-2-10-27(11-3-1)47-36-16-8-4-12-28(36)30-22-25(18-20-38(30)47)26-19-21-39-31(23-26)33-24-32-29-13-5-9-17-37(29)48-42(32)40(43(33)49-39)41-44(48)46-35-15-7-6-14-34(35)45-41;1-5-11-30-22(7-1)26-19-27-23-15-13-20(21-14-16-25-24-8-2-6-12-32(24)43-33(25)18-21)17-31(23)42-37(27)34-35-38(41(30)36(26)34)40-29-10-4-3-9-28(29)39-35;1-2-9-21-18-22(17-16-20(21)8-1)23-11-7-12-25-27-19-26-24-10-3-6-15-30(24)39-33(26)31(35(27)40-34(23)25)32-36(39)38-29-14-5-4-13-28(29)37-32/h1-24H;1-19H;1-19H. The third kappa shape index (κ3) is 9.61. The van der Waals surface area contributed by atoms with Crippen molar-refractivity contribution >= 4 is 278 Å². The van der Waals surface area contributed by atoms with Gasteiger partial charge in [0.05, 0.1) is 93.4 Å². The van der Waals surface area contributed by atoms with E-state index in [0.717, 1.165) is 210 Å². The molecular formula is C118H62N10O3S. The van der Waals surface area contributed by atoms with Crippen LogP contribution in [0.3, 0.4) is 0 Å². The third-order valence-electron chi connectivity index (χ3n) is 28.0. The van der Waals surface area contributed by atoms with Crippen molar-refractivity contribution in [3.63, 3.8) is 0 Å². The minimum atomic E-state index is 0.855. The van der Waals surface area contributed by atoms with Crippen LogP contribution in [0.1, 0.15) is 0 Å². The van der Waals surface area contributed by atoms with Crippen LogP contribution in [0.5, 0.6) is 0 Å². The Morgan fingerprint density at radius 2 is 0.621 bits per heavy atom. The SMILES string of the molecule is c1ccc(-n2c3ccccc3c3cc(-c4ccc5oc6c(cc7c8ccccc8n8c9nc%10ccccc%10nc9c6c78)c5c4)ccc32)cc1.c1ccc2cc(-c3cccc4c3oc3c4cc4c5ccccc5n5c6nc7ccccc7nc6c3c45)ccc2c1.c1ccc2nc3c(nc2c1)c1c2oc4cc(-c5ccc6c(c5)sc5ccccc56)ccc4c2cc2c4ccccc4n3c21. The Bertz CT molecular complexity index is 10900. The predicted octanol–water partition coefficient (Wildman–Crippen LogP) is 31.7. The molecule has 13 nitrogen and oxygen atoms in total. The summed E-state index contributed by atoms with van der Waals surface area (Å²) < 4.78 is 32.3. The zero-order chi connectivity index (χ0) is 85.6. The van der Waals surface area contributed by atoms with E-state index in [2.05, 4.69) is 321 Å². The molecule has 14 heteroatoms. The number of rotatable bonds is 4. The molecule has 0 aliphatic rings. The van der Waals surface area contributed by atoms with E-state index in [-0.39, 0.29) is 0 Å². The van der Waals surface area contributed by atoms with Gasteiger partial charge < -0.3 is 17.8 Å². The second-order valence-corrected chi connectivity index (χ2v) is 36.1. The first-order valence-electron chi connectivity index (χ1n) is 44.5. The quantitative estimate of drug-likeness (QED) is 0.169. The summed E-state index contributed by atoms with van der Waals surface area (Å²) in [5.41, 5.74) is 32.9. The molecule has 0 spiro atoms. The van der Waals surface area contributed by atoms with E-state index < -0.39 is 0 Å². The second kappa shape index (κ2) is 26.0. The van der Waals surface area contributed by atoms with E-state index in [1.165, 1.54) is 96.2 Å². The number of hydrogen-bond donors (Lipinski definition) is 0. The highest BCUT2D eigenvalue weighted by Gasteiger charge is 2.31. The van der Waals surface area contributed by atoms with Crippen molar-refractivity contribution in [1.82, 2.24) is 47.7 Å². The van der Waals surface area contributed by atoms with Crippen molar-refractivity contribution in [1.29, 1.82) is 0 Å². The molecule has 0 N–H and O–H groups in total. The molecule has 0 saturated carbocycles. The lowest BCUT2D eigenvalue weighted by atomic mass is 9.99. The molecule has 0 bridgehead atoms. The summed E-state index contributed by atoms with van der Waals surface area (Å²) in [6, 6.07) is 133. The molecule has 19 aromatic carbocycles. The number of aromatic nitrogens is 10. The van der Waals surface area contributed by atoms with Crippen molar-refractivity contribution in [2.75, 3.05) is 0 Å². The van der Waals surface area contributed by atoms with Crippen molar-refractivity contribution in [2.45, 2.75) is 0 Å². The van der Waals surface area contributed by atoms with Gasteiger partial charge in [0.15, 0.2) is 16.9 Å². The highest BCUT2D eigenvalue weighted by molar-refractivity contribution is 7.25. The number of thiophene rings is 1. The largest absolute Gasteiger partial charge is 0.455 e. The van der Waals surface area contributed by atoms with Crippen molar-refractivity contribution < 1.29 is 13.3 Å². The molecule has 0 saturated heterocycles. The Balaban J connectivity index is 0.0000000937. The molecule has 0 fully saturated rings. The van der Waals surface area contributed by atoms with Crippen LogP contribution in [0, 0.1) is 0 Å². The first-order valence-corrected chi connectivity index (χ1v) is 45.3. The molecule has 14 heterocycles. The van der Waals surface area contributed by atoms with Crippen LogP contribution >= 0.6 is 11.3 Å². The zero-order valence-corrected chi connectivity index (χ0v) is 70.7. The van der Waals surface area contributed by atoms with Gasteiger partial charge in [0, 0.05) is 107 Å². The van der Waals surface area contributed by atoms with Gasteiger partial charge in [0.1, 0.15) is 50.0 Å². The maximum Gasteiger partial charge on any atom is 0.165 e. The molecule has 0 aliphatic heterocycles. The summed E-state index contributed by atoms with van der Waals surface area (Å²) in [7, 11) is 0. The van der Waals surface area contributed by atoms with E-state index in [9.17, 15) is 0 Å². The lowest BCUT2D eigenvalue weighted by Crippen LogP contribution is -1.92. The highest BCUT2D eigenvalue weighted by atomic mass is 32.1. The number of furan rings is 3. The van der Waals surface area contributed by atoms with Crippen LogP contribution in [0.2, 0.25) is 0 Å². The Hall–Kier alpha value is -17.7. The van der Waals surface area contributed by atoms with Gasteiger partial charge in [-0.3, -0.25) is 13.2 Å². The first-order chi connectivity index (χ1) is 65.4. The molecular weight excluding hydrogens is 1640 g/mol. The summed E-state index contributed by atoms with van der Waals surface area (Å²) >= 11 is 1.85. The lowest BCUT2D eigenvalue weighted by Gasteiger charge is -2.08. The predicted molar refractivity (Wildman–Crippen MR) is 545 cm³/mol. The molecule has 0 amide bonds. The number of nitrogens with zero attached hydrogens (tertiary/aromatic N) is 10. The molecule has 0 unspecified atom stereocenters. The Kier molecular flexibility index (Phi) is 13.9. The average Bonchev–Trinajstić information content (AvgIpc) is 1.53. The van der Waals surface area contributed by atoms with Crippen LogP contribution in [-0.4, -0.2) is 47.7 Å². The van der Waals surface area contributed by atoms with Crippen molar-refractivity contribution in [3.05, 3.63) is 376 Å². The number of fused-ring (bicyclic) bond motifs is 40. The summed E-state index contributed by atoms with van der Waals surface area (Å²) in [5, 5.41) is 24.4. The fourth-order valence-electron chi connectivity index (χ4n) is 22.2. The van der Waals surface area contributed by atoms with E-state index in [4.69, 9.17) is 43.2 Å². The molecule has 33 aromatic rings. The van der Waals surface area contributed by atoms with Gasteiger partial charge in [-0.25, -0.2) is 29.9 Å². The summed E-state index contributed by atoms with van der Waals surface area (Å²) in [6.45, 7) is 0. The summed E-state index contributed by atoms with van der Waals surface area (Å²) in [5.74, 6) is 0. The maximum atomic E-state index is 6.90. The van der Waals surface area contributed by atoms with Crippen molar-refractivity contribution in [2.24, 2.45) is 0 Å². The van der Waals surface area contributed by atoms with Crippen LogP contribution in [-0.2, 0) is 0 Å². The minimum absolute atomic E-state index is 0.855. The lowest BCUT2D eigenvalue weighted by molar-refractivity contribution is 0.672. The molecule has 608 valence electrons. The fraction of sp³-hybridized carbons (Fsp3) is 0. The van der Waals surface area contributed by atoms with Gasteiger partial charge in [-0.1, -0.05) is 231 Å². The summed E-state index contributed by atoms with van der Waals surface area (Å²) in [4.78, 5) is 30.9. The fourth-order valence-corrected chi connectivity index (χ4v) is 23.4.